The van der Waals surface area contributed by atoms with E-state index < -0.39 is 9.84 Å². The fourth-order valence-electron chi connectivity index (χ4n) is 3.01. The second kappa shape index (κ2) is 5.28. The summed E-state index contributed by atoms with van der Waals surface area (Å²) in [7, 11) is -2.93. The van der Waals surface area contributed by atoms with Crippen LogP contribution in [0, 0.1) is 0 Å². The van der Waals surface area contributed by atoms with E-state index in [0.29, 0.717) is 18.9 Å². The topological polar surface area (TPSA) is 79.0 Å². The van der Waals surface area contributed by atoms with E-state index in [1.807, 2.05) is 4.90 Å². The highest BCUT2D eigenvalue weighted by molar-refractivity contribution is 7.91. The normalized spacial score (nSPS) is 29.4. The van der Waals surface area contributed by atoms with Crippen LogP contribution in [-0.2, 0) is 9.84 Å². The van der Waals surface area contributed by atoms with E-state index >= 15 is 0 Å². The maximum absolute atomic E-state index is 11.8. The predicted octanol–water partition coefficient (Wildman–Crippen LogP) is -0.484. The average Bonchev–Trinajstić information content (AvgIpc) is 2.83. The molecule has 0 radical (unpaired) electrons. The SMILES string of the molecule is CCN(CC)CCN1C(N)=NCC12CCS(=O)(=O)C2. The lowest BCUT2D eigenvalue weighted by atomic mass is 9.98. The molecule has 6 nitrogen and oxygen atoms in total. The van der Waals surface area contributed by atoms with E-state index in [4.69, 9.17) is 5.73 Å². The van der Waals surface area contributed by atoms with E-state index in [0.717, 1.165) is 26.2 Å². The molecule has 19 heavy (non-hydrogen) atoms. The molecule has 1 fully saturated rings. The number of guanidine groups is 1. The van der Waals surface area contributed by atoms with Crippen LogP contribution in [0.3, 0.4) is 0 Å². The zero-order valence-corrected chi connectivity index (χ0v) is 12.6. The Morgan fingerprint density at radius 3 is 2.63 bits per heavy atom. The van der Waals surface area contributed by atoms with Crippen molar-refractivity contribution in [1.29, 1.82) is 0 Å². The van der Waals surface area contributed by atoms with Crippen molar-refractivity contribution in [2.45, 2.75) is 25.8 Å². The largest absolute Gasteiger partial charge is 0.370 e. The third-order valence-corrected chi connectivity index (χ3v) is 6.09. The van der Waals surface area contributed by atoms with Gasteiger partial charge in [-0.05, 0) is 19.5 Å². The van der Waals surface area contributed by atoms with E-state index in [1.165, 1.54) is 0 Å². The molecule has 2 aliphatic heterocycles. The molecular weight excluding hydrogens is 264 g/mol. The molecule has 2 heterocycles. The van der Waals surface area contributed by atoms with E-state index in [-0.39, 0.29) is 17.0 Å². The van der Waals surface area contributed by atoms with Crippen LogP contribution < -0.4 is 5.73 Å². The highest BCUT2D eigenvalue weighted by Crippen LogP contribution is 2.33. The minimum absolute atomic E-state index is 0.197. The van der Waals surface area contributed by atoms with Crippen LogP contribution >= 0.6 is 0 Å². The number of likely N-dealkylation sites (N-methyl/N-ethyl adjacent to an activating group) is 1. The molecule has 1 unspecified atom stereocenters. The lowest BCUT2D eigenvalue weighted by molar-refractivity contribution is 0.192. The third-order valence-electron chi connectivity index (χ3n) is 4.29. The van der Waals surface area contributed by atoms with E-state index in [1.54, 1.807) is 0 Å². The summed E-state index contributed by atoms with van der Waals surface area (Å²) < 4.78 is 23.5. The van der Waals surface area contributed by atoms with Gasteiger partial charge in [0.2, 0.25) is 0 Å². The van der Waals surface area contributed by atoms with Gasteiger partial charge in [0.1, 0.15) is 0 Å². The minimum atomic E-state index is -2.93. The summed E-state index contributed by atoms with van der Waals surface area (Å²) in [5.41, 5.74) is 5.59. The van der Waals surface area contributed by atoms with Crippen molar-refractivity contribution in [2.24, 2.45) is 10.7 Å². The number of aliphatic imine (C=N–C) groups is 1. The van der Waals surface area contributed by atoms with Crippen molar-refractivity contribution in [3.05, 3.63) is 0 Å². The molecule has 0 saturated carbocycles. The van der Waals surface area contributed by atoms with Crippen LogP contribution in [0.5, 0.6) is 0 Å². The molecule has 110 valence electrons. The van der Waals surface area contributed by atoms with Crippen molar-refractivity contribution in [3.8, 4) is 0 Å². The van der Waals surface area contributed by atoms with Gasteiger partial charge in [0.05, 0.1) is 23.6 Å². The molecule has 1 saturated heterocycles. The first-order valence-electron chi connectivity index (χ1n) is 6.93. The van der Waals surface area contributed by atoms with Gasteiger partial charge in [0, 0.05) is 13.1 Å². The van der Waals surface area contributed by atoms with Crippen LogP contribution in [0.15, 0.2) is 4.99 Å². The average molecular weight is 288 g/mol. The number of hydrogen-bond acceptors (Lipinski definition) is 6. The summed E-state index contributed by atoms with van der Waals surface area (Å²) in [4.78, 5) is 8.62. The summed E-state index contributed by atoms with van der Waals surface area (Å²) in [5.74, 6) is 0.962. The Morgan fingerprint density at radius 1 is 1.42 bits per heavy atom. The minimum Gasteiger partial charge on any atom is -0.370 e. The first kappa shape index (κ1) is 14.6. The van der Waals surface area contributed by atoms with Gasteiger partial charge in [-0.1, -0.05) is 13.8 Å². The molecule has 0 aliphatic carbocycles. The number of nitrogens with two attached hydrogens (primary N) is 1. The number of rotatable bonds is 5. The molecule has 0 aromatic carbocycles. The molecule has 1 spiro atoms. The molecule has 1 atom stereocenters. The molecule has 0 aromatic rings. The third kappa shape index (κ3) is 2.86. The van der Waals surface area contributed by atoms with Gasteiger partial charge >= 0.3 is 0 Å². The summed E-state index contributed by atoms with van der Waals surface area (Å²) in [5, 5.41) is 0. The van der Waals surface area contributed by atoms with Gasteiger partial charge in [0.25, 0.3) is 0 Å². The Labute approximate surface area is 115 Å². The highest BCUT2D eigenvalue weighted by atomic mass is 32.2. The first-order chi connectivity index (χ1) is 8.92. The Bertz CT molecular complexity index is 458. The summed E-state index contributed by atoms with van der Waals surface area (Å²) in [6, 6.07) is 0. The Morgan fingerprint density at radius 2 is 2.11 bits per heavy atom. The fraction of sp³-hybridized carbons (Fsp3) is 0.917. The molecular formula is C12H24N4O2S. The van der Waals surface area contributed by atoms with E-state index in [2.05, 4.69) is 23.7 Å². The van der Waals surface area contributed by atoms with Gasteiger partial charge in [-0.25, -0.2) is 8.42 Å². The van der Waals surface area contributed by atoms with Gasteiger partial charge in [-0.3, -0.25) is 4.99 Å². The monoisotopic (exact) mass is 288 g/mol. The van der Waals surface area contributed by atoms with Crippen molar-refractivity contribution in [1.82, 2.24) is 9.80 Å². The molecule has 7 heteroatoms. The van der Waals surface area contributed by atoms with Crippen LogP contribution in [0.4, 0.5) is 0 Å². The molecule has 2 rings (SSSR count). The number of sulfone groups is 1. The highest BCUT2D eigenvalue weighted by Gasteiger charge is 2.49. The maximum atomic E-state index is 11.8. The zero-order chi connectivity index (χ0) is 14.1. The molecule has 2 N–H and O–H groups in total. The fourth-order valence-corrected chi connectivity index (χ4v) is 5.06. The van der Waals surface area contributed by atoms with Crippen LogP contribution in [-0.4, -0.2) is 73.9 Å². The van der Waals surface area contributed by atoms with Crippen LogP contribution in [0.2, 0.25) is 0 Å². The van der Waals surface area contributed by atoms with Crippen molar-refractivity contribution < 1.29 is 8.42 Å². The van der Waals surface area contributed by atoms with Gasteiger partial charge in [0.15, 0.2) is 15.8 Å². The zero-order valence-electron chi connectivity index (χ0n) is 11.8. The van der Waals surface area contributed by atoms with E-state index in [9.17, 15) is 8.42 Å². The summed E-state index contributed by atoms with van der Waals surface area (Å²) in [6.07, 6.45) is 0.651. The summed E-state index contributed by atoms with van der Waals surface area (Å²) in [6.45, 7) is 8.41. The molecule has 0 bridgehead atoms. The maximum Gasteiger partial charge on any atom is 0.191 e. The van der Waals surface area contributed by atoms with Gasteiger partial charge in [-0.15, -0.1) is 0 Å². The predicted molar refractivity (Wildman–Crippen MR) is 77.0 cm³/mol. The van der Waals surface area contributed by atoms with Crippen molar-refractivity contribution in [2.75, 3.05) is 44.2 Å². The van der Waals surface area contributed by atoms with Crippen molar-refractivity contribution >= 4 is 15.8 Å². The quantitative estimate of drug-likeness (QED) is 0.739. The van der Waals surface area contributed by atoms with Gasteiger partial charge < -0.3 is 15.5 Å². The molecule has 0 amide bonds. The Balaban J connectivity index is 2.06. The Hall–Kier alpha value is -0.820. The van der Waals surface area contributed by atoms with Crippen LogP contribution in [0.25, 0.3) is 0 Å². The first-order valence-corrected chi connectivity index (χ1v) is 8.75. The second-order valence-electron chi connectivity index (χ2n) is 5.42. The second-order valence-corrected chi connectivity index (χ2v) is 7.60. The van der Waals surface area contributed by atoms with Gasteiger partial charge in [-0.2, -0.15) is 0 Å². The van der Waals surface area contributed by atoms with Crippen molar-refractivity contribution in [3.63, 3.8) is 0 Å². The Kier molecular flexibility index (Phi) is 4.06. The lowest BCUT2D eigenvalue weighted by Gasteiger charge is -2.36. The molecule has 0 aromatic heterocycles. The van der Waals surface area contributed by atoms with Crippen LogP contribution in [0.1, 0.15) is 20.3 Å². The number of hydrogen-bond donors (Lipinski definition) is 1. The summed E-state index contributed by atoms with van der Waals surface area (Å²) >= 11 is 0. The smallest absolute Gasteiger partial charge is 0.191 e. The number of nitrogens with zero attached hydrogens (tertiary/aromatic N) is 3. The molecule has 2 aliphatic rings. The standard InChI is InChI=1S/C12H24N4O2S/c1-3-15(4-2)6-7-16-11(13)14-9-12(16)5-8-19(17,18)10-12/h3-10H2,1-2H3,(H2,13,14). The lowest BCUT2D eigenvalue weighted by Crippen LogP contribution is -2.54.